The summed E-state index contributed by atoms with van der Waals surface area (Å²) >= 11 is 0. The van der Waals surface area contributed by atoms with Crippen molar-refractivity contribution in [1.82, 2.24) is 14.9 Å². The summed E-state index contributed by atoms with van der Waals surface area (Å²) in [6, 6.07) is 3.54. The number of para-hydroxylation sites is 1. The second kappa shape index (κ2) is 5.72. The average Bonchev–Trinajstić information content (AvgIpc) is 2.75. The van der Waals surface area contributed by atoms with E-state index in [2.05, 4.69) is 10.3 Å². The van der Waals surface area contributed by atoms with Gasteiger partial charge in [0.2, 0.25) is 0 Å². The smallest absolute Gasteiger partial charge is 0.315 e. The van der Waals surface area contributed by atoms with Crippen LogP contribution in [-0.4, -0.2) is 22.6 Å². The maximum absolute atomic E-state index is 13.0. The number of fused-ring (bicyclic) bond motifs is 1. The summed E-state index contributed by atoms with van der Waals surface area (Å²) in [6.45, 7) is 1.52. The number of halogens is 3. The zero-order valence-electron chi connectivity index (χ0n) is 11.9. The van der Waals surface area contributed by atoms with Crippen molar-refractivity contribution in [3.63, 3.8) is 0 Å². The molecule has 2 aromatic rings. The molecule has 4 nitrogen and oxygen atoms in total. The van der Waals surface area contributed by atoms with Crippen molar-refractivity contribution < 1.29 is 13.2 Å². The van der Waals surface area contributed by atoms with Crippen LogP contribution >= 0.6 is 0 Å². The summed E-state index contributed by atoms with van der Waals surface area (Å²) in [6.07, 6.45) is -0.444. The molecular weight excluding hydrogens is 295 g/mol. The Balaban J connectivity index is 2.12. The summed E-state index contributed by atoms with van der Waals surface area (Å²) in [7, 11) is 0. The first-order chi connectivity index (χ1) is 10.5. The molecule has 0 bridgehead atoms. The number of nitrogens with one attached hydrogen (secondary N) is 1. The molecule has 7 heteroatoms. The van der Waals surface area contributed by atoms with E-state index >= 15 is 0 Å². The van der Waals surface area contributed by atoms with Gasteiger partial charge in [0.25, 0.3) is 5.56 Å². The molecule has 0 saturated carbocycles. The highest BCUT2D eigenvalue weighted by Gasteiger charge is 2.33. The maximum Gasteiger partial charge on any atom is 0.418 e. The Hall–Kier alpha value is -1.89. The highest BCUT2D eigenvalue weighted by Crippen LogP contribution is 2.33. The summed E-state index contributed by atoms with van der Waals surface area (Å²) in [5.41, 5.74) is -1.56. The summed E-state index contributed by atoms with van der Waals surface area (Å²) in [5, 5.41) is 3.25. The first-order valence-corrected chi connectivity index (χ1v) is 7.26. The van der Waals surface area contributed by atoms with E-state index in [1.807, 2.05) is 0 Å². The van der Waals surface area contributed by atoms with Crippen molar-refractivity contribution in [3.8, 4) is 0 Å². The maximum atomic E-state index is 13.0. The van der Waals surface area contributed by atoms with Crippen LogP contribution in [0.5, 0.6) is 0 Å². The Kier molecular flexibility index (Phi) is 3.90. The monoisotopic (exact) mass is 311 g/mol. The normalized spacial score (nSPS) is 20.0. The van der Waals surface area contributed by atoms with Crippen molar-refractivity contribution in [2.75, 3.05) is 13.1 Å². The van der Waals surface area contributed by atoms with Gasteiger partial charge in [-0.25, -0.2) is 4.98 Å². The molecule has 118 valence electrons. The Bertz CT molecular complexity index is 731. The van der Waals surface area contributed by atoms with Crippen molar-refractivity contribution in [1.29, 1.82) is 0 Å². The molecule has 1 aliphatic rings. The number of benzene rings is 1. The van der Waals surface area contributed by atoms with Crippen LogP contribution in [0.2, 0.25) is 0 Å². The number of alkyl halides is 3. The van der Waals surface area contributed by atoms with E-state index in [-0.39, 0.29) is 16.9 Å². The van der Waals surface area contributed by atoms with Gasteiger partial charge in [-0.2, -0.15) is 13.2 Å². The van der Waals surface area contributed by atoms with Crippen LogP contribution in [0.15, 0.2) is 29.3 Å². The number of hydrogen-bond acceptors (Lipinski definition) is 3. The minimum Gasteiger partial charge on any atom is -0.315 e. The SMILES string of the molecule is O=c1c2cccc(C(F)(F)F)c2ncn1C1CCCCNC1. The highest BCUT2D eigenvalue weighted by atomic mass is 19.4. The van der Waals surface area contributed by atoms with Gasteiger partial charge in [-0.3, -0.25) is 9.36 Å². The molecule has 22 heavy (non-hydrogen) atoms. The fourth-order valence-electron chi connectivity index (χ4n) is 2.89. The summed E-state index contributed by atoms with van der Waals surface area (Å²) in [4.78, 5) is 16.5. The van der Waals surface area contributed by atoms with Crippen LogP contribution in [0.1, 0.15) is 30.9 Å². The number of aromatic nitrogens is 2. The zero-order valence-corrected chi connectivity index (χ0v) is 11.9. The predicted octanol–water partition coefficient (Wildman–Crippen LogP) is 2.73. The van der Waals surface area contributed by atoms with E-state index in [4.69, 9.17) is 0 Å². The number of nitrogens with zero attached hydrogens (tertiary/aromatic N) is 2. The van der Waals surface area contributed by atoms with Crippen LogP contribution < -0.4 is 10.9 Å². The molecule has 1 saturated heterocycles. The van der Waals surface area contributed by atoms with Crippen LogP contribution in [0.3, 0.4) is 0 Å². The third kappa shape index (κ3) is 2.72. The first-order valence-electron chi connectivity index (χ1n) is 7.26. The van der Waals surface area contributed by atoms with Crippen molar-refractivity contribution in [2.24, 2.45) is 0 Å². The van der Waals surface area contributed by atoms with Gasteiger partial charge in [-0.1, -0.05) is 12.5 Å². The lowest BCUT2D eigenvalue weighted by molar-refractivity contribution is -0.136. The second-order valence-corrected chi connectivity index (χ2v) is 5.51. The first kappa shape index (κ1) is 15.0. The molecule has 1 aromatic carbocycles. The lowest BCUT2D eigenvalue weighted by Gasteiger charge is -2.18. The minimum atomic E-state index is -4.52. The summed E-state index contributed by atoms with van der Waals surface area (Å²) < 4.78 is 40.5. The van der Waals surface area contributed by atoms with Gasteiger partial charge in [0, 0.05) is 6.54 Å². The molecule has 0 amide bonds. The third-order valence-corrected chi connectivity index (χ3v) is 4.03. The predicted molar refractivity (Wildman–Crippen MR) is 76.8 cm³/mol. The van der Waals surface area contributed by atoms with Gasteiger partial charge in [-0.05, 0) is 31.5 Å². The fourth-order valence-corrected chi connectivity index (χ4v) is 2.89. The quantitative estimate of drug-likeness (QED) is 0.881. The van der Waals surface area contributed by atoms with Crippen LogP contribution in [0.25, 0.3) is 10.9 Å². The van der Waals surface area contributed by atoms with Crippen molar-refractivity contribution in [3.05, 3.63) is 40.4 Å². The average molecular weight is 311 g/mol. The zero-order chi connectivity index (χ0) is 15.7. The van der Waals surface area contributed by atoms with Gasteiger partial charge in [-0.15, -0.1) is 0 Å². The molecule has 1 fully saturated rings. The Morgan fingerprint density at radius 3 is 2.86 bits per heavy atom. The standard InChI is InChI=1S/C15H16F3N3O/c16-15(17,18)12-6-3-5-11-13(12)20-9-21(14(11)22)10-4-1-2-7-19-8-10/h3,5-6,9-10,19H,1-2,4,7-8H2. The Labute approximate surface area is 125 Å². The lowest BCUT2D eigenvalue weighted by atomic mass is 10.1. The van der Waals surface area contributed by atoms with E-state index in [9.17, 15) is 18.0 Å². The molecule has 1 atom stereocenters. The molecule has 1 aromatic heterocycles. The lowest BCUT2D eigenvalue weighted by Crippen LogP contribution is -2.31. The molecule has 0 spiro atoms. The molecule has 3 rings (SSSR count). The van der Waals surface area contributed by atoms with Gasteiger partial charge in [0.05, 0.1) is 28.8 Å². The molecule has 1 aliphatic heterocycles. The molecule has 0 aliphatic carbocycles. The largest absolute Gasteiger partial charge is 0.418 e. The van der Waals surface area contributed by atoms with Crippen LogP contribution in [0, 0.1) is 0 Å². The topological polar surface area (TPSA) is 46.9 Å². The molecule has 0 radical (unpaired) electrons. The molecule has 2 heterocycles. The second-order valence-electron chi connectivity index (χ2n) is 5.51. The van der Waals surface area contributed by atoms with E-state index in [0.717, 1.165) is 31.9 Å². The Morgan fingerprint density at radius 2 is 2.09 bits per heavy atom. The van der Waals surface area contributed by atoms with Gasteiger partial charge in [0.1, 0.15) is 0 Å². The van der Waals surface area contributed by atoms with E-state index < -0.39 is 17.3 Å². The van der Waals surface area contributed by atoms with E-state index in [1.165, 1.54) is 23.0 Å². The molecule has 1 unspecified atom stereocenters. The van der Waals surface area contributed by atoms with Crippen LogP contribution in [0.4, 0.5) is 13.2 Å². The van der Waals surface area contributed by atoms with Gasteiger partial charge >= 0.3 is 6.18 Å². The molecule has 1 N–H and O–H groups in total. The third-order valence-electron chi connectivity index (χ3n) is 4.03. The van der Waals surface area contributed by atoms with Gasteiger partial charge in [0.15, 0.2) is 0 Å². The number of rotatable bonds is 1. The van der Waals surface area contributed by atoms with Gasteiger partial charge < -0.3 is 5.32 Å². The van der Waals surface area contributed by atoms with Crippen molar-refractivity contribution >= 4 is 10.9 Å². The van der Waals surface area contributed by atoms with Crippen LogP contribution in [-0.2, 0) is 6.18 Å². The Morgan fingerprint density at radius 1 is 1.27 bits per heavy atom. The fraction of sp³-hybridized carbons (Fsp3) is 0.467. The van der Waals surface area contributed by atoms with Crippen molar-refractivity contribution in [2.45, 2.75) is 31.5 Å². The molecular formula is C15H16F3N3O. The number of hydrogen-bond donors (Lipinski definition) is 1. The highest BCUT2D eigenvalue weighted by molar-refractivity contribution is 5.81. The summed E-state index contributed by atoms with van der Waals surface area (Å²) in [5.74, 6) is 0. The van der Waals surface area contributed by atoms with E-state index in [1.54, 1.807) is 0 Å². The van der Waals surface area contributed by atoms with E-state index in [0.29, 0.717) is 6.54 Å². The minimum absolute atomic E-state index is 0.0153.